The first-order chi connectivity index (χ1) is 11.7. The SMILES string of the molecule is Cc1ccsc1CN1CC[C@H](CO)[C@H](NC(=O)c2ccccc2)C1. The summed E-state index contributed by atoms with van der Waals surface area (Å²) in [4.78, 5) is 16.2. The summed E-state index contributed by atoms with van der Waals surface area (Å²) in [5, 5.41) is 14.9. The zero-order chi connectivity index (χ0) is 16.9. The molecule has 1 aliphatic rings. The Labute approximate surface area is 147 Å². The first-order valence-electron chi connectivity index (χ1n) is 8.39. The number of carbonyl (C=O) groups excluding carboxylic acids is 1. The summed E-state index contributed by atoms with van der Waals surface area (Å²) in [5.74, 6) is 0.0616. The minimum absolute atomic E-state index is 0.0169. The quantitative estimate of drug-likeness (QED) is 0.877. The predicted molar refractivity (Wildman–Crippen MR) is 97.2 cm³/mol. The third kappa shape index (κ3) is 4.04. The van der Waals surface area contributed by atoms with Crippen molar-refractivity contribution < 1.29 is 9.90 Å². The third-order valence-corrected chi connectivity index (χ3v) is 5.77. The number of carbonyl (C=O) groups is 1. The number of nitrogens with one attached hydrogen (secondary N) is 1. The molecule has 0 aliphatic carbocycles. The Kier molecular flexibility index (Phi) is 5.66. The van der Waals surface area contributed by atoms with Crippen molar-refractivity contribution in [2.45, 2.75) is 25.9 Å². The summed E-state index contributed by atoms with van der Waals surface area (Å²) in [6, 6.07) is 11.4. The number of aliphatic hydroxyl groups is 1. The largest absolute Gasteiger partial charge is 0.396 e. The molecule has 1 amide bonds. The molecule has 4 nitrogen and oxygen atoms in total. The number of hydrogen-bond acceptors (Lipinski definition) is 4. The highest BCUT2D eigenvalue weighted by molar-refractivity contribution is 7.10. The van der Waals surface area contributed by atoms with Gasteiger partial charge in [-0.2, -0.15) is 0 Å². The lowest BCUT2D eigenvalue weighted by Crippen LogP contribution is -2.53. The van der Waals surface area contributed by atoms with Crippen molar-refractivity contribution in [3.8, 4) is 0 Å². The molecule has 5 heteroatoms. The first-order valence-corrected chi connectivity index (χ1v) is 9.27. The van der Waals surface area contributed by atoms with Crippen molar-refractivity contribution in [3.63, 3.8) is 0 Å². The van der Waals surface area contributed by atoms with Gasteiger partial charge in [-0.15, -0.1) is 11.3 Å². The van der Waals surface area contributed by atoms with Gasteiger partial charge in [0.15, 0.2) is 0 Å². The lowest BCUT2D eigenvalue weighted by atomic mass is 9.92. The number of piperidine rings is 1. The summed E-state index contributed by atoms with van der Waals surface area (Å²) in [6.45, 7) is 4.91. The molecule has 2 atom stereocenters. The number of likely N-dealkylation sites (tertiary alicyclic amines) is 1. The average molecular weight is 344 g/mol. The molecule has 24 heavy (non-hydrogen) atoms. The number of nitrogens with zero attached hydrogens (tertiary/aromatic N) is 1. The van der Waals surface area contributed by atoms with Crippen LogP contribution in [-0.2, 0) is 6.54 Å². The van der Waals surface area contributed by atoms with E-state index in [9.17, 15) is 9.90 Å². The molecular formula is C19H24N2O2S. The van der Waals surface area contributed by atoms with Gasteiger partial charge < -0.3 is 10.4 Å². The Bertz CT molecular complexity index is 671. The fraction of sp³-hybridized carbons (Fsp3) is 0.421. The van der Waals surface area contributed by atoms with Crippen LogP contribution < -0.4 is 5.32 Å². The van der Waals surface area contributed by atoms with E-state index in [1.807, 2.05) is 30.3 Å². The minimum atomic E-state index is -0.0618. The summed E-state index contributed by atoms with van der Waals surface area (Å²) >= 11 is 1.78. The van der Waals surface area contributed by atoms with E-state index in [4.69, 9.17) is 0 Å². The Morgan fingerprint density at radius 2 is 2.12 bits per heavy atom. The molecule has 2 aromatic rings. The Hall–Kier alpha value is -1.69. The van der Waals surface area contributed by atoms with E-state index in [1.54, 1.807) is 11.3 Å². The lowest BCUT2D eigenvalue weighted by molar-refractivity contribution is 0.0732. The average Bonchev–Trinajstić information content (AvgIpc) is 3.01. The molecule has 2 heterocycles. The number of benzene rings is 1. The van der Waals surface area contributed by atoms with E-state index < -0.39 is 0 Å². The van der Waals surface area contributed by atoms with Crippen LogP contribution in [0.25, 0.3) is 0 Å². The Morgan fingerprint density at radius 1 is 1.33 bits per heavy atom. The van der Waals surface area contributed by atoms with E-state index in [1.165, 1.54) is 10.4 Å². The number of aliphatic hydroxyl groups excluding tert-OH is 1. The molecule has 1 aliphatic heterocycles. The van der Waals surface area contributed by atoms with Crippen molar-refractivity contribution in [1.29, 1.82) is 0 Å². The zero-order valence-corrected chi connectivity index (χ0v) is 14.8. The van der Waals surface area contributed by atoms with Crippen LogP contribution in [0.4, 0.5) is 0 Å². The normalized spacial score (nSPS) is 21.6. The molecule has 2 N–H and O–H groups in total. The van der Waals surface area contributed by atoms with Crippen LogP contribution in [0.15, 0.2) is 41.8 Å². The molecule has 0 saturated carbocycles. The van der Waals surface area contributed by atoms with Crippen molar-refractivity contribution in [1.82, 2.24) is 10.2 Å². The topological polar surface area (TPSA) is 52.6 Å². The van der Waals surface area contributed by atoms with Crippen LogP contribution >= 0.6 is 11.3 Å². The van der Waals surface area contributed by atoms with Gasteiger partial charge in [0, 0.05) is 42.1 Å². The van der Waals surface area contributed by atoms with Crippen LogP contribution in [0.1, 0.15) is 27.2 Å². The van der Waals surface area contributed by atoms with Crippen molar-refractivity contribution >= 4 is 17.2 Å². The molecule has 128 valence electrons. The van der Waals surface area contributed by atoms with Gasteiger partial charge in [0.05, 0.1) is 0 Å². The van der Waals surface area contributed by atoms with Gasteiger partial charge in [-0.25, -0.2) is 0 Å². The van der Waals surface area contributed by atoms with Gasteiger partial charge >= 0.3 is 0 Å². The van der Waals surface area contributed by atoms with Crippen LogP contribution in [0.3, 0.4) is 0 Å². The highest BCUT2D eigenvalue weighted by Gasteiger charge is 2.30. The summed E-state index contributed by atoms with van der Waals surface area (Å²) in [6.07, 6.45) is 0.903. The molecule has 0 unspecified atom stereocenters. The molecule has 3 rings (SSSR count). The van der Waals surface area contributed by atoms with Crippen LogP contribution in [-0.4, -0.2) is 41.7 Å². The molecule has 0 spiro atoms. The third-order valence-electron chi connectivity index (χ3n) is 4.76. The van der Waals surface area contributed by atoms with Gasteiger partial charge in [0.1, 0.15) is 0 Å². The number of rotatable bonds is 5. The van der Waals surface area contributed by atoms with Gasteiger partial charge in [-0.3, -0.25) is 9.69 Å². The van der Waals surface area contributed by atoms with Gasteiger partial charge in [-0.1, -0.05) is 18.2 Å². The van der Waals surface area contributed by atoms with E-state index in [0.717, 1.165) is 26.1 Å². The van der Waals surface area contributed by atoms with Crippen molar-refractivity contribution in [2.75, 3.05) is 19.7 Å². The van der Waals surface area contributed by atoms with Crippen LogP contribution in [0, 0.1) is 12.8 Å². The highest BCUT2D eigenvalue weighted by Crippen LogP contribution is 2.23. The molecule has 1 saturated heterocycles. The molecule has 0 bridgehead atoms. The summed E-state index contributed by atoms with van der Waals surface area (Å²) < 4.78 is 0. The highest BCUT2D eigenvalue weighted by atomic mass is 32.1. The standard InChI is InChI=1S/C19H24N2O2S/c1-14-8-10-24-18(14)12-21-9-7-16(13-22)17(11-21)20-19(23)15-5-3-2-4-6-15/h2-6,8,10,16-17,22H,7,9,11-13H2,1H3,(H,20,23)/t16-,17-/m1/s1. The lowest BCUT2D eigenvalue weighted by Gasteiger charge is -2.38. The Morgan fingerprint density at radius 3 is 2.79 bits per heavy atom. The van der Waals surface area contributed by atoms with Crippen LogP contribution in [0.5, 0.6) is 0 Å². The van der Waals surface area contributed by atoms with E-state index in [2.05, 4.69) is 28.6 Å². The molecule has 0 radical (unpaired) electrons. The molecular weight excluding hydrogens is 320 g/mol. The van der Waals surface area contributed by atoms with Crippen LogP contribution in [0.2, 0.25) is 0 Å². The molecule has 1 aromatic heterocycles. The van der Waals surface area contributed by atoms with Gasteiger partial charge in [0.25, 0.3) is 5.91 Å². The maximum atomic E-state index is 12.4. The summed E-state index contributed by atoms with van der Waals surface area (Å²) in [5.41, 5.74) is 1.99. The fourth-order valence-corrected chi connectivity index (χ4v) is 4.15. The molecule has 1 fully saturated rings. The second kappa shape index (κ2) is 7.92. The minimum Gasteiger partial charge on any atom is -0.396 e. The van der Waals surface area contributed by atoms with E-state index in [-0.39, 0.29) is 24.5 Å². The molecule has 1 aromatic carbocycles. The van der Waals surface area contributed by atoms with Gasteiger partial charge in [-0.05, 0) is 49.0 Å². The first kappa shape index (κ1) is 17.1. The number of thiophene rings is 1. The summed E-state index contributed by atoms with van der Waals surface area (Å²) in [7, 11) is 0. The number of aryl methyl sites for hydroxylation is 1. The number of hydrogen-bond donors (Lipinski definition) is 2. The predicted octanol–water partition coefficient (Wildman–Crippen LogP) is 2.67. The van der Waals surface area contributed by atoms with Crippen molar-refractivity contribution in [2.24, 2.45) is 5.92 Å². The smallest absolute Gasteiger partial charge is 0.251 e. The Balaban J connectivity index is 1.65. The zero-order valence-electron chi connectivity index (χ0n) is 13.9. The second-order valence-electron chi connectivity index (χ2n) is 6.44. The van der Waals surface area contributed by atoms with Gasteiger partial charge in [0.2, 0.25) is 0 Å². The van der Waals surface area contributed by atoms with E-state index in [0.29, 0.717) is 5.56 Å². The maximum Gasteiger partial charge on any atom is 0.251 e. The number of amides is 1. The second-order valence-corrected chi connectivity index (χ2v) is 7.44. The van der Waals surface area contributed by atoms with Crippen molar-refractivity contribution in [3.05, 3.63) is 57.8 Å². The maximum absolute atomic E-state index is 12.4. The fourth-order valence-electron chi connectivity index (χ4n) is 3.20. The monoisotopic (exact) mass is 344 g/mol. The van der Waals surface area contributed by atoms with E-state index >= 15 is 0 Å².